The first-order valence-electron chi connectivity index (χ1n) is 9.37. The van der Waals surface area contributed by atoms with Crippen molar-refractivity contribution in [2.24, 2.45) is 0 Å². The van der Waals surface area contributed by atoms with Gasteiger partial charge in [-0.05, 0) is 41.8 Å². The predicted molar refractivity (Wildman–Crippen MR) is 110 cm³/mol. The van der Waals surface area contributed by atoms with E-state index in [0.29, 0.717) is 36.1 Å². The van der Waals surface area contributed by atoms with Gasteiger partial charge in [0.25, 0.3) is 5.91 Å². The number of rotatable bonds is 5. The van der Waals surface area contributed by atoms with Gasteiger partial charge in [-0.3, -0.25) is 4.79 Å². The van der Waals surface area contributed by atoms with Gasteiger partial charge in [0.2, 0.25) is 0 Å². The van der Waals surface area contributed by atoms with Crippen molar-refractivity contribution in [3.8, 4) is 11.5 Å². The topological polar surface area (TPSA) is 76.6 Å². The Morgan fingerprint density at radius 2 is 1.76 bits per heavy atom. The van der Waals surface area contributed by atoms with Crippen LogP contribution in [0.5, 0.6) is 11.5 Å². The SMILES string of the molecule is COc1ccc(Nc2ccc(C(=O)N3CCc4ccccc4C3)nn2)cc1OC. The minimum absolute atomic E-state index is 0.107. The van der Waals surface area contributed by atoms with E-state index in [2.05, 4.69) is 27.6 Å². The van der Waals surface area contributed by atoms with Gasteiger partial charge >= 0.3 is 0 Å². The van der Waals surface area contributed by atoms with Crippen LogP contribution in [-0.4, -0.2) is 41.8 Å². The van der Waals surface area contributed by atoms with Crippen molar-refractivity contribution in [1.29, 1.82) is 0 Å². The monoisotopic (exact) mass is 390 g/mol. The molecule has 0 unspecified atom stereocenters. The zero-order valence-electron chi connectivity index (χ0n) is 16.4. The number of aromatic nitrogens is 2. The Labute approximate surface area is 169 Å². The van der Waals surface area contributed by atoms with Crippen molar-refractivity contribution in [2.45, 2.75) is 13.0 Å². The maximum atomic E-state index is 12.8. The third kappa shape index (κ3) is 3.99. The van der Waals surface area contributed by atoms with Gasteiger partial charge in [-0.2, -0.15) is 0 Å². The summed E-state index contributed by atoms with van der Waals surface area (Å²) in [6.07, 6.45) is 0.855. The Kier molecular flexibility index (Phi) is 5.29. The van der Waals surface area contributed by atoms with Gasteiger partial charge in [-0.25, -0.2) is 0 Å². The van der Waals surface area contributed by atoms with Crippen molar-refractivity contribution < 1.29 is 14.3 Å². The molecule has 0 saturated carbocycles. The lowest BCUT2D eigenvalue weighted by molar-refractivity contribution is 0.0727. The molecule has 1 amide bonds. The number of carbonyl (C=O) groups excluding carboxylic acids is 1. The summed E-state index contributed by atoms with van der Waals surface area (Å²) in [6, 6.07) is 17.1. The molecule has 29 heavy (non-hydrogen) atoms. The van der Waals surface area contributed by atoms with Crippen LogP contribution < -0.4 is 14.8 Å². The van der Waals surface area contributed by atoms with Crippen LogP contribution in [0.25, 0.3) is 0 Å². The summed E-state index contributed by atoms with van der Waals surface area (Å²) >= 11 is 0. The molecule has 3 aromatic rings. The second-order valence-corrected chi connectivity index (χ2v) is 6.74. The van der Waals surface area contributed by atoms with Crippen LogP contribution in [-0.2, 0) is 13.0 Å². The van der Waals surface area contributed by atoms with Crippen LogP contribution in [0.4, 0.5) is 11.5 Å². The predicted octanol–water partition coefficient (Wildman–Crippen LogP) is 3.44. The number of nitrogens with zero attached hydrogens (tertiary/aromatic N) is 3. The summed E-state index contributed by atoms with van der Waals surface area (Å²) in [5, 5.41) is 11.4. The zero-order chi connectivity index (χ0) is 20.2. The molecule has 1 aliphatic rings. The van der Waals surface area contributed by atoms with E-state index in [0.717, 1.165) is 12.1 Å². The molecule has 0 atom stereocenters. The summed E-state index contributed by atoms with van der Waals surface area (Å²) < 4.78 is 10.5. The molecule has 0 radical (unpaired) electrons. The van der Waals surface area contributed by atoms with Crippen molar-refractivity contribution in [2.75, 3.05) is 26.1 Å². The lowest BCUT2D eigenvalue weighted by atomic mass is 10.00. The molecular weight excluding hydrogens is 368 g/mol. The van der Waals surface area contributed by atoms with Crippen molar-refractivity contribution in [3.63, 3.8) is 0 Å². The molecule has 0 aliphatic carbocycles. The maximum Gasteiger partial charge on any atom is 0.274 e. The number of hydrogen-bond donors (Lipinski definition) is 1. The number of nitrogens with one attached hydrogen (secondary N) is 1. The lowest BCUT2D eigenvalue weighted by Crippen LogP contribution is -2.36. The number of ether oxygens (including phenoxy) is 2. The summed E-state index contributed by atoms with van der Waals surface area (Å²) in [5.41, 5.74) is 3.61. The van der Waals surface area contributed by atoms with Gasteiger partial charge in [-0.15, -0.1) is 10.2 Å². The largest absolute Gasteiger partial charge is 0.493 e. The molecule has 2 aromatic carbocycles. The van der Waals surface area contributed by atoms with E-state index in [9.17, 15) is 4.79 Å². The molecule has 0 fully saturated rings. The molecule has 0 bridgehead atoms. The van der Waals surface area contributed by atoms with E-state index in [1.54, 1.807) is 32.4 Å². The minimum Gasteiger partial charge on any atom is -0.493 e. The Balaban J connectivity index is 1.45. The lowest BCUT2D eigenvalue weighted by Gasteiger charge is -2.28. The first-order chi connectivity index (χ1) is 14.2. The highest BCUT2D eigenvalue weighted by Crippen LogP contribution is 2.30. The smallest absolute Gasteiger partial charge is 0.274 e. The van der Waals surface area contributed by atoms with Crippen LogP contribution in [0, 0.1) is 0 Å². The fourth-order valence-electron chi connectivity index (χ4n) is 3.41. The molecule has 0 saturated heterocycles. The molecule has 148 valence electrons. The molecule has 7 nitrogen and oxygen atoms in total. The molecule has 2 heterocycles. The van der Waals surface area contributed by atoms with Crippen LogP contribution >= 0.6 is 0 Å². The van der Waals surface area contributed by atoms with E-state index in [1.807, 2.05) is 29.2 Å². The first kappa shape index (κ1) is 18.7. The molecule has 1 aromatic heterocycles. The van der Waals surface area contributed by atoms with Crippen molar-refractivity contribution in [1.82, 2.24) is 15.1 Å². The van der Waals surface area contributed by atoms with Gasteiger partial charge in [0.15, 0.2) is 23.0 Å². The fourth-order valence-corrected chi connectivity index (χ4v) is 3.41. The average Bonchev–Trinajstić information content (AvgIpc) is 2.78. The normalized spacial score (nSPS) is 12.8. The number of benzene rings is 2. The molecule has 0 spiro atoms. The Hall–Kier alpha value is -3.61. The van der Waals surface area contributed by atoms with Crippen LogP contribution in [0.1, 0.15) is 21.6 Å². The van der Waals surface area contributed by atoms with E-state index < -0.39 is 0 Å². The van der Waals surface area contributed by atoms with Crippen LogP contribution in [0.3, 0.4) is 0 Å². The maximum absolute atomic E-state index is 12.8. The molecular formula is C22H22N4O3. The number of hydrogen-bond acceptors (Lipinski definition) is 6. The number of fused-ring (bicyclic) bond motifs is 1. The Bertz CT molecular complexity index is 1020. The highest BCUT2D eigenvalue weighted by molar-refractivity contribution is 5.92. The highest BCUT2D eigenvalue weighted by atomic mass is 16.5. The molecule has 1 aliphatic heterocycles. The van der Waals surface area contributed by atoms with Crippen LogP contribution in [0.15, 0.2) is 54.6 Å². The summed E-state index contributed by atoms with van der Waals surface area (Å²) in [4.78, 5) is 14.6. The number of carbonyl (C=O) groups is 1. The van der Waals surface area contributed by atoms with E-state index >= 15 is 0 Å². The van der Waals surface area contributed by atoms with E-state index in [1.165, 1.54) is 11.1 Å². The zero-order valence-corrected chi connectivity index (χ0v) is 16.4. The standard InChI is InChI=1S/C22H22N4O3/c1-28-19-9-7-17(13-20(19)29-2)23-21-10-8-18(24-25-21)22(27)26-12-11-15-5-3-4-6-16(15)14-26/h3-10,13H,11-12,14H2,1-2H3,(H,23,25). The minimum atomic E-state index is -0.107. The third-order valence-corrected chi connectivity index (χ3v) is 4.96. The van der Waals surface area contributed by atoms with Gasteiger partial charge in [0.1, 0.15) is 0 Å². The summed E-state index contributed by atoms with van der Waals surface area (Å²) in [5.74, 6) is 1.69. The molecule has 1 N–H and O–H groups in total. The van der Waals surface area contributed by atoms with Crippen molar-refractivity contribution in [3.05, 3.63) is 71.4 Å². The fraction of sp³-hybridized carbons (Fsp3) is 0.227. The quantitative estimate of drug-likeness (QED) is 0.719. The Morgan fingerprint density at radius 1 is 0.966 bits per heavy atom. The summed E-state index contributed by atoms with van der Waals surface area (Å²) in [7, 11) is 3.17. The number of methoxy groups -OCH3 is 2. The average molecular weight is 390 g/mol. The van der Waals surface area contributed by atoms with Gasteiger partial charge in [0.05, 0.1) is 14.2 Å². The van der Waals surface area contributed by atoms with E-state index in [4.69, 9.17) is 9.47 Å². The highest BCUT2D eigenvalue weighted by Gasteiger charge is 2.22. The van der Waals surface area contributed by atoms with Gasteiger partial charge < -0.3 is 19.7 Å². The van der Waals surface area contributed by atoms with Gasteiger partial charge in [-0.1, -0.05) is 24.3 Å². The number of amides is 1. The van der Waals surface area contributed by atoms with Crippen LogP contribution in [0.2, 0.25) is 0 Å². The van der Waals surface area contributed by atoms with E-state index in [-0.39, 0.29) is 5.91 Å². The summed E-state index contributed by atoms with van der Waals surface area (Å²) in [6.45, 7) is 1.28. The molecule has 7 heteroatoms. The number of anilines is 2. The first-order valence-corrected chi connectivity index (χ1v) is 9.37. The third-order valence-electron chi connectivity index (χ3n) is 4.96. The second-order valence-electron chi connectivity index (χ2n) is 6.74. The van der Waals surface area contributed by atoms with Crippen molar-refractivity contribution >= 4 is 17.4 Å². The Morgan fingerprint density at radius 3 is 2.48 bits per heavy atom. The molecule has 4 rings (SSSR count). The van der Waals surface area contributed by atoms with Gasteiger partial charge in [0, 0.05) is 24.8 Å². The second kappa shape index (κ2) is 8.18.